The van der Waals surface area contributed by atoms with Crippen molar-refractivity contribution in [3.63, 3.8) is 0 Å². The van der Waals surface area contributed by atoms with Crippen LogP contribution in [0.4, 0.5) is 0 Å². The number of benzene rings is 1. The summed E-state index contributed by atoms with van der Waals surface area (Å²) in [5.41, 5.74) is 2.70. The van der Waals surface area contributed by atoms with Crippen LogP contribution >= 0.6 is 0 Å². The van der Waals surface area contributed by atoms with E-state index in [1.165, 1.54) is 139 Å². The summed E-state index contributed by atoms with van der Waals surface area (Å²) in [5, 5.41) is 0. The van der Waals surface area contributed by atoms with Crippen LogP contribution < -0.4 is 21.5 Å². The van der Waals surface area contributed by atoms with Gasteiger partial charge in [0.1, 0.15) is 0 Å². The molecular formula is C30H53BrN2. The summed E-state index contributed by atoms with van der Waals surface area (Å²) in [6.07, 6.45) is 31.1. The van der Waals surface area contributed by atoms with E-state index < -0.39 is 0 Å². The minimum absolute atomic E-state index is 0. The van der Waals surface area contributed by atoms with E-state index in [0.717, 1.165) is 6.54 Å². The molecule has 0 fully saturated rings. The maximum Gasteiger partial charge on any atom is 0.244 e. The number of hydrogen-bond donors (Lipinski definition) is 0. The lowest BCUT2D eigenvalue weighted by Gasteiger charge is -2.04. The van der Waals surface area contributed by atoms with Crippen LogP contribution in [0.1, 0.15) is 135 Å². The molecule has 2 aromatic rings. The van der Waals surface area contributed by atoms with E-state index in [0.29, 0.717) is 0 Å². The lowest BCUT2D eigenvalue weighted by Crippen LogP contribution is -3.00. The first kappa shape index (κ1) is 30.2. The molecule has 0 aliphatic rings. The number of aryl methyl sites for hydroxylation is 2. The highest BCUT2D eigenvalue weighted by Crippen LogP contribution is 2.16. The Morgan fingerprint density at radius 2 is 0.970 bits per heavy atom. The molecule has 0 radical (unpaired) electrons. The smallest absolute Gasteiger partial charge is 0.244 e. The molecule has 0 spiro atoms. The van der Waals surface area contributed by atoms with Crippen molar-refractivity contribution in [1.29, 1.82) is 0 Å². The molecule has 0 unspecified atom stereocenters. The van der Waals surface area contributed by atoms with Crippen LogP contribution in [0.25, 0.3) is 11.0 Å². The van der Waals surface area contributed by atoms with Gasteiger partial charge in [-0.1, -0.05) is 135 Å². The van der Waals surface area contributed by atoms with Gasteiger partial charge in [0.25, 0.3) is 0 Å². The zero-order chi connectivity index (χ0) is 22.7. The fourth-order valence-corrected chi connectivity index (χ4v) is 5.05. The van der Waals surface area contributed by atoms with Gasteiger partial charge in [-0.05, 0) is 25.0 Å². The van der Waals surface area contributed by atoms with Crippen molar-refractivity contribution < 1.29 is 21.5 Å². The van der Waals surface area contributed by atoms with Gasteiger partial charge in [0, 0.05) is 0 Å². The van der Waals surface area contributed by atoms with E-state index in [4.69, 9.17) is 0 Å². The number of fused-ring (bicyclic) bond motifs is 1. The van der Waals surface area contributed by atoms with Crippen molar-refractivity contribution in [2.24, 2.45) is 7.05 Å². The Labute approximate surface area is 216 Å². The highest BCUT2D eigenvalue weighted by Gasteiger charge is 2.11. The molecule has 33 heavy (non-hydrogen) atoms. The van der Waals surface area contributed by atoms with Crippen molar-refractivity contribution in [2.75, 3.05) is 0 Å². The summed E-state index contributed by atoms with van der Waals surface area (Å²) in [5.74, 6) is 0. The first-order chi connectivity index (χ1) is 15.8. The Hall–Kier alpha value is -0.830. The van der Waals surface area contributed by atoms with Crippen LogP contribution in [0.3, 0.4) is 0 Å². The van der Waals surface area contributed by atoms with Gasteiger partial charge in [-0.25, -0.2) is 9.13 Å². The van der Waals surface area contributed by atoms with Crippen molar-refractivity contribution in [1.82, 2.24) is 4.57 Å². The third-order valence-electron chi connectivity index (χ3n) is 7.14. The third kappa shape index (κ3) is 13.6. The molecular weight excluding hydrogens is 468 g/mol. The van der Waals surface area contributed by atoms with E-state index >= 15 is 0 Å². The van der Waals surface area contributed by atoms with Gasteiger partial charge in [0.15, 0.2) is 11.0 Å². The average Bonchev–Trinajstić information content (AvgIpc) is 3.13. The minimum atomic E-state index is 0. The molecule has 0 aliphatic carbocycles. The summed E-state index contributed by atoms with van der Waals surface area (Å²) in [4.78, 5) is 0. The molecule has 1 heterocycles. The van der Waals surface area contributed by atoms with Gasteiger partial charge in [-0.15, -0.1) is 0 Å². The maximum atomic E-state index is 2.42. The van der Waals surface area contributed by atoms with E-state index in [-0.39, 0.29) is 17.0 Å². The van der Waals surface area contributed by atoms with E-state index in [9.17, 15) is 0 Å². The quantitative estimate of drug-likeness (QED) is 0.135. The zero-order valence-corrected chi connectivity index (χ0v) is 23.6. The molecule has 0 bridgehead atoms. The summed E-state index contributed by atoms with van der Waals surface area (Å²) in [6.45, 7) is 3.45. The Morgan fingerprint density at radius 3 is 1.42 bits per heavy atom. The predicted octanol–water partition coefficient (Wildman–Crippen LogP) is 6.29. The molecule has 0 N–H and O–H groups in total. The SMILES string of the molecule is CCCCCCCCCCCCCCCCCCCCCCn1c[n+](C)c2ccccc21.[Br-]. The molecule has 1 aromatic heterocycles. The lowest BCUT2D eigenvalue weighted by molar-refractivity contribution is -0.645. The summed E-state index contributed by atoms with van der Waals surface area (Å²) < 4.78 is 4.66. The molecule has 0 amide bonds. The normalized spacial score (nSPS) is 11.2. The predicted molar refractivity (Wildman–Crippen MR) is 141 cm³/mol. The largest absolute Gasteiger partial charge is 1.00 e. The molecule has 0 aliphatic heterocycles. The molecule has 3 heteroatoms. The van der Waals surface area contributed by atoms with Crippen molar-refractivity contribution >= 4 is 11.0 Å². The first-order valence-electron chi connectivity index (χ1n) is 14.3. The fourth-order valence-electron chi connectivity index (χ4n) is 5.05. The number of rotatable bonds is 21. The molecule has 0 saturated carbocycles. The highest BCUT2D eigenvalue weighted by atomic mass is 79.9. The molecule has 2 rings (SSSR count). The van der Waals surface area contributed by atoms with Gasteiger partial charge < -0.3 is 17.0 Å². The maximum absolute atomic E-state index is 2.42. The minimum Gasteiger partial charge on any atom is -1.00 e. The van der Waals surface area contributed by atoms with Gasteiger partial charge in [-0.3, -0.25) is 0 Å². The van der Waals surface area contributed by atoms with Gasteiger partial charge >= 0.3 is 0 Å². The van der Waals surface area contributed by atoms with Crippen LogP contribution in [-0.2, 0) is 13.6 Å². The van der Waals surface area contributed by atoms with Crippen molar-refractivity contribution in [2.45, 2.75) is 142 Å². The Kier molecular flexibility index (Phi) is 18.8. The van der Waals surface area contributed by atoms with Crippen LogP contribution in [-0.4, -0.2) is 4.57 Å². The Bertz CT molecular complexity index is 694. The van der Waals surface area contributed by atoms with Gasteiger partial charge in [0.2, 0.25) is 6.33 Å². The number of hydrogen-bond acceptors (Lipinski definition) is 0. The molecule has 0 atom stereocenters. The molecule has 190 valence electrons. The molecule has 1 aromatic carbocycles. The standard InChI is InChI=1S/C30H53N2.BrH/c1-3-4-5-6-7-8-9-10-11-12-13-14-15-16-17-18-19-20-21-24-27-32-28-31(2)29-25-22-23-26-30(29)32;/h22-23,25-26,28H,3-21,24,27H2,1-2H3;1H/q+1;/p-1. The summed E-state index contributed by atoms with van der Waals surface area (Å²) in [7, 11) is 2.15. The molecule has 0 saturated heterocycles. The topological polar surface area (TPSA) is 8.81 Å². The first-order valence-corrected chi connectivity index (χ1v) is 14.3. The van der Waals surface area contributed by atoms with E-state index in [1.807, 2.05) is 0 Å². The van der Waals surface area contributed by atoms with Crippen molar-refractivity contribution in [3.05, 3.63) is 30.6 Å². The third-order valence-corrected chi connectivity index (χ3v) is 7.14. The van der Waals surface area contributed by atoms with Crippen LogP contribution in [0.15, 0.2) is 30.6 Å². The van der Waals surface area contributed by atoms with Gasteiger partial charge in [0.05, 0.1) is 13.6 Å². The number of nitrogens with zero attached hydrogens (tertiary/aromatic N) is 2. The highest BCUT2D eigenvalue weighted by molar-refractivity contribution is 5.71. The zero-order valence-electron chi connectivity index (χ0n) is 22.0. The number of aromatic nitrogens is 2. The second kappa shape index (κ2) is 20.5. The number of para-hydroxylation sites is 2. The number of imidazole rings is 1. The summed E-state index contributed by atoms with van der Waals surface area (Å²) in [6, 6.07) is 8.73. The summed E-state index contributed by atoms with van der Waals surface area (Å²) >= 11 is 0. The fraction of sp³-hybridized carbons (Fsp3) is 0.767. The second-order valence-corrected chi connectivity index (χ2v) is 10.1. The van der Waals surface area contributed by atoms with Crippen LogP contribution in [0, 0.1) is 0 Å². The Balaban J connectivity index is 0.00000544. The second-order valence-electron chi connectivity index (χ2n) is 10.1. The lowest BCUT2D eigenvalue weighted by atomic mass is 10.0. The van der Waals surface area contributed by atoms with Crippen LogP contribution in [0.5, 0.6) is 0 Å². The van der Waals surface area contributed by atoms with E-state index in [2.05, 4.69) is 53.7 Å². The van der Waals surface area contributed by atoms with Crippen LogP contribution in [0.2, 0.25) is 0 Å². The van der Waals surface area contributed by atoms with Crippen molar-refractivity contribution in [3.8, 4) is 0 Å². The average molecular weight is 522 g/mol. The number of unbranched alkanes of at least 4 members (excludes halogenated alkanes) is 19. The number of halogens is 1. The Morgan fingerprint density at radius 1 is 0.576 bits per heavy atom. The monoisotopic (exact) mass is 520 g/mol. The van der Waals surface area contributed by atoms with E-state index in [1.54, 1.807) is 0 Å². The molecule has 2 nitrogen and oxygen atoms in total. The van der Waals surface area contributed by atoms with Gasteiger partial charge in [-0.2, -0.15) is 0 Å².